The molecule has 12 heteroatoms. The molecule has 1 heterocycles. The van der Waals surface area contributed by atoms with E-state index < -0.39 is 17.9 Å². The lowest BCUT2D eigenvalue weighted by Crippen LogP contribution is -2.48. The summed E-state index contributed by atoms with van der Waals surface area (Å²) < 4.78 is 16.3. The van der Waals surface area contributed by atoms with Crippen LogP contribution < -0.4 is 20.2 Å². The number of methoxy groups -OCH3 is 1. The summed E-state index contributed by atoms with van der Waals surface area (Å²) in [6, 6.07) is 8.66. The quantitative estimate of drug-likeness (QED) is 0.338. The summed E-state index contributed by atoms with van der Waals surface area (Å²) in [6.07, 6.45) is 1.43. The molecule has 3 rings (SSSR count). The van der Waals surface area contributed by atoms with Crippen molar-refractivity contribution in [2.24, 2.45) is 11.0 Å². The third-order valence-electron chi connectivity index (χ3n) is 5.71. The number of nitrogens with zero attached hydrogens (tertiary/aromatic N) is 2. The Labute approximate surface area is 231 Å². The number of amides is 3. The number of rotatable bonds is 10. The SMILES string of the molecule is COc1cc(C=NNC(=O)C(NC(=O)c2ccc(Cl)c(Cl)c2)C(C)C)ccc1OCC(=O)N1CCOCC1. The number of carbonyl (C=O) groups excluding carboxylic acids is 3. The predicted octanol–water partition coefficient (Wildman–Crippen LogP) is 3.14. The fourth-order valence-electron chi connectivity index (χ4n) is 3.56. The number of benzene rings is 2. The Kier molecular flexibility index (Phi) is 10.8. The molecular formula is C26H30Cl2N4O6. The van der Waals surface area contributed by atoms with E-state index in [4.69, 9.17) is 37.4 Å². The van der Waals surface area contributed by atoms with Gasteiger partial charge in [0.25, 0.3) is 17.7 Å². The molecule has 1 atom stereocenters. The molecule has 10 nitrogen and oxygen atoms in total. The fourth-order valence-corrected chi connectivity index (χ4v) is 3.86. The molecule has 1 aliphatic rings. The number of hydrogen-bond donors (Lipinski definition) is 2. The zero-order valence-corrected chi connectivity index (χ0v) is 22.8. The smallest absolute Gasteiger partial charge is 0.262 e. The molecule has 38 heavy (non-hydrogen) atoms. The van der Waals surface area contributed by atoms with Crippen molar-refractivity contribution in [1.29, 1.82) is 0 Å². The van der Waals surface area contributed by atoms with Crippen LogP contribution >= 0.6 is 23.2 Å². The van der Waals surface area contributed by atoms with Gasteiger partial charge in [0.05, 0.1) is 36.6 Å². The van der Waals surface area contributed by atoms with Crippen molar-refractivity contribution in [3.63, 3.8) is 0 Å². The monoisotopic (exact) mass is 564 g/mol. The number of nitrogens with one attached hydrogen (secondary N) is 2. The lowest BCUT2D eigenvalue weighted by molar-refractivity contribution is -0.137. The van der Waals surface area contributed by atoms with Crippen molar-refractivity contribution in [2.75, 3.05) is 40.0 Å². The van der Waals surface area contributed by atoms with Crippen LogP contribution in [0.2, 0.25) is 10.0 Å². The van der Waals surface area contributed by atoms with Gasteiger partial charge in [-0.2, -0.15) is 5.10 Å². The summed E-state index contributed by atoms with van der Waals surface area (Å²) in [6.45, 7) is 5.59. The first kappa shape index (κ1) is 29.2. The van der Waals surface area contributed by atoms with Crippen molar-refractivity contribution >= 4 is 47.1 Å². The molecule has 0 spiro atoms. The van der Waals surface area contributed by atoms with Gasteiger partial charge in [-0.25, -0.2) is 5.43 Å². The molecule has 2 aromatic rings. The normalized spacial score (nSPS) is 14.3. The minimum atomic E-state index is -0.844. The Morgan fingerprint density at radius 3 is 2.47 bits per heavy atom. The van der Waals surface area contributed by atoms with Gasteiger partial charge >= 0.3 is 0 Å². The van der Waals surface area contributed by atoms with Crippen LogP contribution in [0.1, 0.15) is 29.8 Å². The summed E-state index contributed by atoms with van der Waals surface area (Å²) >= 11 is 11.9. The maximum Gasteiger partial charge on any atom is 0.262 e. The Bertz CT molecular complexity index is 1180. The van der Waals surface area contributed by atoms with Crippen LogP contribution in [0.3, 0.4) is 0 Å². The summed E-state index contributed by atoms with van der Waals surface area (Å²) in [7, 11) is 1.48. The molecular weight excluding hydrogens is 535 g/mol. The van der Waals surface area contributed by atoms with Crippen molar-refractivity contribution < 1.29 is 28.6 Å². The molecule has 0 saturated carbocycles. The van der Waals surface area contributed by atoms with Gasteiger partial charge in [-0.3, -0.25) is 14.4 Å². The third-order valence-corrected chi connectivity index (χ3v) is 6.45. The standard InChI is InChI=1S/C26H30Cl2N4O6/c1-16(2)24(30-25(34)18-5-6-19(27)20(28)13-18)26(35)31-29-14-17-4-7-21(22(12-17)36-3)38-15-23(33)32-8-10-37-11-9-32/h4-7,12-14,16,24H,8-11,15H2,1-3H3,(H,30,34)(H,31,35). The lowest BCUT2D eigenvalue weighted by Gasteiger charge is -2.26. The van der Waals surface area contributed by atoms with Gasteiger partial charge in [-0.15, -0.1) is 0 Å². The van der Waals surface area contributed by atoms with Crippen LogP contribution in [0.25, 0.3) is 0 Å². The zero-order chi connectivity index (χ0) is 27.7. The number of halogens is 2. The molecule has 2 aromatic carbocycles. The van der Waals surface area contributed by atoms with Crippen LogP contribution in [-0.4, -0.2) is 74.9 Å². The van der Waals surface area contributed by atoms with E-state index in [1.54, 1.807) is 36.9 Å². The van der Waals surface area contributed by atoms with Gasteiger partial charge in [0.1, 0.15) is 6.04 Å². The van der Waals surface area contributed by atoms with E-state index in [9.17, 15) is 14.4 Å². The molecule has 0 aliphatic carbocycles. The summed E-state index contributed by atoms with van der Waals surface area (Å²) in [5.41, 5.74) is 3.35. The van der Waals surface area contributed by atoms with E-state index in [0.717, 1.165) is 0 Å². The van der Waals surface area contributed by atoms with Crippen molar-refractivity contribution in [3.05, 3.63) is 57.6 Å². The highest BCUT2D eigenvalue weighted by molar-refractivity contribution is 6.42. The lowest BCUT2D eigenvalue weighted by atomic mass is 10.0. The maximum atomic E-state index is 12.7. The van der Waals surface area contributed by atoms with E-state index in [1.165, 1.54) is 31.5 Å². The average Bonchev–Trinajstić information content (AvgIpc) is 2.92. The number of hydrazone groups is 1. The van der Waals surface area contributed by atoms with Crippen LogP contribution in [0, 0.1) is 5.92 Å². The van der Waals surface area contributed by atoms with Gasteiger partial charge < -0.3 is 24.4 Å². The Balaban J connectivity index is 1.58. The molecule has 1 aliphatic heterocycles. The van der Waals surface area contributed by atoms with Gasteiger partial charge in [0.2, 0.25) is 0 Å². The van der Waals surface area contributed by atoms with Gasteiger partial charge in [-0.1, -0.05) is 37.0 Å². The maximum absolute atomic E-state index is 12.7. The minimum absolute atomic E-state index is 0.121. The van der Waals surface area contributed by atoms with Crippen LogP contribution in [0.4, 0.5) is 0 Å². The summed E-state index contributed by atoms with van der Waals surface area (Å²) in [4.78, 5) is 39.4. The number of morpholine rings is 1. The molecule has 1 unspecified atom stereocenters. The highest BCUT2D eigenvalue weighted by Gasteiger charge is 2.25. The number of ether oxygens (including phenoxy) is 3. The van der Waals surface area contributed by atoms with Crippen LogP contribution in [0.15, 0.2) is 41.5 Å². The average molecular weight is 565 g/mol. The van der Waals surface area contributed by atoms with Gasteiger partial charge in [-0.05, 0) is 47.9 Å². The minimum Gasteiger partial charge on any atom is -0.493 e. The third kappa shape index (κ3) is 8.08. The predicted molar refractivity (Wildman–Crippen MR) is 144 cm³/mol. The molecule has 1 fully saturated rings. The second-order valence-electron chi connectivity index (χ2n) is 8.75. The topological polar surface area (TPSA) is 119 Å². The van der Waals surface area contributed by atoms with E-state index in [2.05, 4.69) is 15.8 Å². The summed E-state index contributed by atoms with van der Waals surface area (Å²) in [5, 5.41) is 7.27. The number of carbonyl (C=O) groups is 3. The highest BCUT2D eigenvalue weighted by Crippen LogP contribution is 2.27. The van der Waals surface area contributed by atoms with Crippen LogP contribution in [0.5, 0.6) is 11.5 Å². The first-order valence-corrected chi connectivity index (χ1v) is 12.7. The van der Waals surface area contributed by atoms with Crippen molar-refractivity contribution in [2.45, 2.75) is 19.9 Å². The Hall–Kier alpha value is -3.34. The van der Waals surface area contributed by atoms with E-state index in [0.29, 0.717) is 48.4 Å². The van der Waals surface area contributed by atoms with Gasteiger partial charge in [0, 0.05) is 18.7 Å². The van der Waals surface area contributed by atoms with E-state index in [1.807, 2.05) is 0 Å². The first-order chi connectivity index (χ1) is 18.2. The van der Waals surface area contributed by atoms with E-state index >= 15 is 0 Å². The molecule has 204 valence electrons. The van der Waals surface area contributed by atoms with Crippen molar-refractivity contribution in [3.8, 4) is 11.5 Å². The molecule has 0 aromatic heterocycles. The Morgan fingerprint density at radius 1 is 1.08 bits per heavy atom. The molecule has 2 N–H and O–H groups in total. The highest BCUT2D eigenvalue weighted by atomic mass is 35.5. The molecule has 3 amide bonds. The van der Waals surface area contributed by atoms with Crippen molar-refractivity contribution in [1.82, 2.24) is 15.6 Å². The fraction of sp³-hybridized carbons (Fsp3) is 0.385. The second kappa shape index (κ2) is 14.0. The largest absolute Gasteiger partial charge is 0.493 e. The van der Waals surface area contributed by atoms with E-state index in [-0.39, 0.29) is 29.0 Å². The van der Waals surface area contributed by atoms with Crippen LogP contribution in [-0.2, 0) is 14.3 Å². The second-order valence-corrected chi connectivity index (χ2v) is 9.56. The number of hydrogen-bond acceptors (Lipinski definition) is 7. The molecule has 1 saturated heterocycles. The molecule has 0 bridgehead atoms. The first-order valence-electron chi connectivity index (χ1n) is 11.9. The Morgan fingerprint density at radius 2 is 1.82 bits per heavy atom. The van der Waals surface area contributed by atoms with Gasteiger partial charge in [0.15, 0.2) is 18.1 Å². The molecule has 0 radical (unpaired) electrons. The summed E-state index contributed by atoms with van der Waals surface area (Å²) in [5.74, 6) is -0.487. The zero-order valence-electron chi connectivity index (χ0n) is 21.3.